The maximum absolute atomic E-state index is 13.0. The second kappa shape index (κ2) is 10.9. The van der Waals surface area contributed by atoms with E-state index in [4.69, 9.17) is 27.9 Å². The summed E-state index contributed by atoms with van der Waals surface area (Å²) in [4.78, 5) is 50.8. The van der Waals surface area contributed by atoms with Crippen LogP contribution in [0.15, 0.2) is 66.2 Å². The molecule has 1 heterocycles. The number of ether oxygens (including phenoxy) is 1. The van der Waals surface area contributed by atoms with Gasteiger partial charge in [-0.2, -0.15) is 0 Å². The first-order valence-corrected chi connectivity index (χ1v) is 11.8. The smallest absolute Gasteiger partial charge is 0.335 e. The number of anilines is 2. The zero-order valence-electron chi connectivity index (χ0n) is 19.8. The lowest BCUT2D eigenvalue weighted by Gasteiger charge is -2.26. The van der Waals surface area contributed by atoms with Crippen LogP contribution < -0.4 is 20.3 Å². The summed E-state index contributed by atoms with van der Waals surface area (Å²) in [6.07, 6.45) is 1.31. The lowest BCUT2D eigenvalue weighted by atomic mass is 10.1. The van der Waals surface area contributed by atoms with Crippen LogP contribution in [0.25, 0.3) is 6.08 Å². The second-order valence-electron chi connectivity index (χ2n) is 8.26. The number of aryl methyl sites for hydroxylation is 2. The molecule has 0 unspecified atom stereocenters. The highest BCUT2D eigenvalue weighted by Gasteiger charge is 2.36. The molecule has 1 aliphatic heterocycles. The SMILES string of the molecule is Cc1ccc(NC(=O)COc2ccc(/C=C3/C(=O)NC(=O)N(c4ccc(Cl)cc4)C3=O)cc2Cl)cc1C. The van der Waals surface area contributed by atoms with E-state index in [0.29, 0.717) is 16.3 Å². The van der Waals surface area contributed by atoms with Gasteiger partial charge in [-0.1, -0.05) is 35.3 Å². The summed E-state index contributed by atoms with van der Waals surface area (Å²) in [6, 6.07) is 15.3. The van der Waals surface area contributed by atoms with Gasteiger partial charge in [0.25, 0.3) is 17.7 Å². The number of rotatable bonds is 6. The summed E-state index contributed by atoms with van der Waals surface area (Å²) in [5.74, 6) is -1.74. The third-order valence-electron chi connectivity index (χ3n) is 5.60. The van der Waals surface area contributed by atoms with Crippen molar-refractivity contribution in [3.63, 3.8) is 0 Å². The van der Waals surface area contributed by atoms with Crippen molar-refractivity contribution in [2.45, 2.75) is 13.8 Å². The Morgan fingerprint density at radius 2 is 1.70 bits per heavy atom. The second-order valence-corrected chi connectivity index (χ2v) is 9.10. The van der Waals surface area contributed by atoms with Crippen molar-refractivity contribution < 1.29 is 23.9 Å². The third kappa shape index (κ3) is 5.99. The summed E-state index contributed by atoms with van der Waals surface area (Å²) < 4.78 is 5.54. The highest BCUT2D eigenvalue weighted by Crippen LogP contribution is 2.28. The number of carbonyl (C=O) groups excluding carboxylic acids is 4. The highest BCUT2D eigenvalue weighted by atomic mass is 35.5. The Bertz CT molecular complexity index is 1450. The van der Waals surface area contributed by atoms with Gasteiger partial charge in [0.15, 0.2) is 6.61 Å². The molecule has 0 spiro atoms. The van der Waals surface area contributed by atoms with Crippen molar-refractivity contribution in [3.8, 4) is 5.75 Å². The lowest BCUT2D eigenvalue weighted by molar-refractivity contribution is -0.122. The molecule has 5 amide bonds. The fourth-order valence-electron chi connectivity index (χ4n) is 3.53. The molecule has 2 N–H and O–H groups in total. The summed E-state index contributed by atoms with van der Waals surface area (Å²) in [5, 5.41) is 5.51. The predicted octanol–water partition coefficient (Wildman–Crippen LogP) is 5.29. The number of urea groups is 1. The summed E-state index contributed by atoms with van der Waals surface area (Å²) in [6.45, 7) is 3.67. The molecule has 4 rings (SSSR count). The van der Waals surface area contributed by atoms with Crippen LogP contribution in [0.5, 0.6) is 5.75 Å². The van der Waals surface area contributed by atoms with Crippen molar-refractivity contribution >= 4 is 64.4 Å². The Hall–Kier alpha value is -4.14. The van der Waals surface area contributed by atoms with Gasteiger partial charge in [0.1, 0.15) is 11.3 Å². The topological polar surface area (TPSA) is 105 Å². The number of hydrogen-bond acceptors (Lipinski definition) is 5. The summed E-state index contributed by atoms with van der Waals surface area (Å²) >= 11 is 12.2. The number of halogens is 2. The van der Waals surface area contributed by atoms with Crippen LogP contribution >= 0.6 is 23.2 Å². The molecular weight excluding hydrogens is 517 g/mol. The molecule has 37 heavy (non-hydrogen) atoms. The van der Waals surface area contributed by atoms with Crippen molar-refractivity contribution in [2.24, 2.45) is 0 Å². The molecule has 10 heteroatoms. The average Bonchev–Trinajstić information content (AvgIpc) is 2.84. The van der Waals surface area contributed by atoms with E-state index in [0.717, 1.165) is 16.0 Å². The molecule has 0 aliphatic carbocycles. The van der Waals surface area contributed by atoms with E-state index >= 15 is 0 Å². The molecule has 188 valence electrons. The van der Waals surface area contributed by atoms with E-state index in [-0.39, 0.29) is 34.5 Å². The molecule has 3 aromatic carbocycles. The van der Waals surface area contributed by atoms with Crippen LogP contribution in [-0.2, 0) is 14.4 Å². The van der Waals surface area contributed by atoms with E-state index in [9.17, 15) is 19.2 Å². The van der Waals surface area contributed by atoms with Gasteiger partial charge in [-0.3, -0.25) is 19.7 Å². The highest BCUT2D eigenvalue weighted by molar-refractivity contribution is 6.39. The maximum atomic E-state index is 13.0. The van der Waals surface area contributed by atoms with Crippen LogP contribution in [-0.4, -0.2) is 30.4 Å². The largest absolute Gasteiger partial charge is 0.482 e. The fraction of sp³-hybridized carbons (Fsp3) is 0.111. The Morgan fingerprint density at radius 1 is 0.973 bits per heavy atom. The molecule has 0 atom stereocenters. The zero-order valence-corrected chi connectivity index (χ0v) is 21.3. The molecule has 0 radical (unpaired) electrons. The van der Waals surface area contributed by atoms with Gasteiger partial charge in [0.05, 0.1) is 10.7 Å². The van der Waals surface area contributed by atoms with Crippen LogP contribution in [0, 0.1) is 13.8 Å². The first-order valence-electron chi connectivity index (χ1n) is 11.1. The van der Waals surface area contributed by atoms with Gasteiger partial charge in [0.2, 0.25) is 0 Å². The average molecular weight is 538 g/mol. The van der Waals surface area contributed by atoms with Gasteiger partial charge in [-0.15, -0.1) is 0 Å². The number of barbiturate groups is 1. The lowest BCUT2D eigenvalue weighted by Crippen LogP contribution is -2.54. The summed E-state index contributed by atoms with van der Waals surface area (Å²) in [5.41, 5.74) is 3.25. The molecule has 0 aromatic heterocycles. The minimum Gasteiger partial charge on any atom is -0.482 e. The Labute approximate surface area is 222 Å². The minimum atomic E-state index is -0.865. The molecule has 8 nitrogen and oxygen atoms in total. The number of amides is 5. The molecular formula is C27H21Cl2N3O5. The van der Waals surface area contributed by atoms with Gasteiger partial charge >= 0.3 is 6.03 Å². The standard InChI is InChI=1S/C27H21Cl2N3O5/c1-15-3-7-19(11-16(15)2)30-24(33)14-37-23-10-4-17(13-22(23)29)12-21-25(34)31-27(36)32(26(21)35)20-8-5-18(28)6-9-20/h3-13H,14H2,1-2H3,(H,30,33)(H,31,34,36)/b21-12-. The van der Waals surface area contributed by atoms with Crippen molar-refractivity contribution in [1.29, 1.82) is 0 Å². The fourth-order valence-corrected chi connectivity index (χ4v) is 3.90. The van der Waals surface area contributed by atoms with Crippen molar-refractivity contribution in [2.75, 3.05) is 16.8 Å². The van der Waals surface area contributed by atoms with E-state index in [1.807, 2.05) is 26.0 Å². The van der Waals surface area contributed by atoms with Crippen LogP contribution in [0.4, 0.5) is 16.2 Å². The minimum absolute atomic E-state index is 0.169. The van der Waals surface area contributed by atoms with Gasteiger partial charge < -0.3 is 10.1 Å². The molecule has 0 bridgehead atoms. The number of benzene rings is 3. The predicted molar refractivity (Wildman–Crippen MR) is 142 cm³/mol. The Kier molecular flexibility index (Phi) is 7.61. The normalized spacial score (nSPS) is 14.5. The van der Waals surface area contributed by atoms with Gasteiger partial charge in [0, 0.05) is 10.7 Å². The van der Waals surface area contributed by atoms with Crippen molar-refractivity contribution in [1.82, 2.24) is 5.32 Å². The summed E-state index contributed by atoms with van der Waals surface area (Å²) in [7, 11) is 0. The quantitative estimate of drug-likeness (QED) is 0.328. The third-order valence-corrected chi connectivity index (χ3v) is 6.15. The Balaban J connectivity index is 1.46. The van der Waals surface area contributed by atoms with Crippen LogP contribution in [0.3, 0.4) is 0 Å². The van der Waals surface area contributed by atoms with Crippen LogP contribution in [0.1, 0.15) is 16.7 Å². The molecule has 1 aliphatic rings. The van der Waals surface area contributed by atoms with Crippen molar-refractivity contribution in [3.05, 3.63) is 93.0 Å². The maximum Gasteiger partial charge on any atom is 0.335 e. The first-order chi connectivity index (χ1) is 17.6. The van der Waals surface area contributed by atoms with E-state index in [1.165, 1.54) is 42.5 Å². The zero-order chi connectivity index (χ0) is 26.7. The van der Waals surface area contributed by atoms with E-state index < -0.39 is 17.8 Å². The number of hydrogen-bond donors (Lipinski definition) is 2. The number of nitrogens with zero attached hydrogens (tertiary/aromatic N) is 1. The first kappa shape index (κ1) is 25.9. The Morgan fingerprint density at radius 3 is 2.38 bits per heavy atom. The van der Waals surface area contributed by atoms with Gasteiger partial charge in [-0.05, 0) is 85.1 Å². The number of imide groups is 2. The molecule has 3 aromatic rings. The monoisotopic (exact) mass is 537 g/mol. The molecule has 1 fully saturated rings. The number of carbonyl (C=O) groups is 4. The van der Waals surface area contributed by atoms with Crippen LogP contribution in [0.2, 0.25) is 10.0 Å². The van der Waals surface area contributed by atoms with Gasteiger partial charge in [-0.25, -0.2) is 9.69 Å². The van der Waals surface area contributed by atoms with E-state index in [2.05, 4.69) is 10.6 Å². The molecule has 0 saturated carbocycles. The van der Waals surface area contributed by atoms with E-state index in [1.54, 1.807) is 12.1 Å². The number of nitrogens with one attached hydrogen (secondary N) is 2. The molecule has 1 saturated heterocycles.